The Morgan fingerprint density at radius 1 is 1.18 bits per heavy atom. The van der Waals surface area contributed by atoms with Gasteiger partial charge < -0.3 is 19.1 Å². The molecule has 1 atom stereocenters. The van der Waals surface area contributed by atoms with Gasteiger partial charge in [0.15, 0.2) is 0 Å². The lowest BCUT2D eigenvalue weighted by Crippen LogP contribution is -2.51. The number of rotatable bonds is 8. The fourth-order valence-corrected chi connectivity index (χ4v) is 4.81. The number of para-hydroxylation sites is 1. The van der Waals surface area contributed by atoms with E-state index >= 15 is 0 Å². The second-order valence-electron chi connectivity index (χ2n) is 9.77. The zero-order chi connectivity index (χ0) is 23.9. The summed E-state index contributed by atoms with van der Waals surface area (Å²) in [6.07, 6.45) is 2.85. The minimum atomic E-state index is -0.459. The third-order valence-electron chi connectivity index (χ3n) is 6.51. The maximum Gasteiger partial charge on any atom is 0.253 e. The Morgan fingerprint density at radius 3 is 2.85 bits per heavy atom. The lowest BCUT2D eigenvalue weighted by atomic mass is 10.0. The van der Waals surface area contributed by atoms with Crippen LogP contribution in [0.5, 0.6) is 11.5 Å². The van der Waals surface area contributed by atoms with Crippen LogP contribution in [0.25, 0.3) is 0 Å². The molecule has 0 spiro atoms. The highest BCUT2D eigenvalue weighted by Crippen LogP contribution is 2.27. The molecule has 0 aliphatic carbocycles. The quantitative estimate of drug-likeness (QED) is 0.581. The molecule has 1 saturated heterocycles. The maximum atomic E-state index is 13.6. The maximum absolute atomic E-state index is 13.6. The van der Waals surface area contributed by atoms with Crippen molar-refractivity contribution in [1.82, 2.24) is 9.80 Å². The molecular weight excluding hydrogens is 428 g/mol. The number of hydrogen-bond donors (Lipinski definition) is 0. The van der Waals surface area contributed by atoms with Crippen molar-refractivity contribution in [3.05, 3.63) is 59.2 Å². The van der Waals surface area contributed by atoms with Crippen molar-refractivity contribution in [3.8, 4) is 11.5 Å². The van der Waals surface area contributed by atoms with Gasteiger partial charge in [-0.2, -0.15) is 0 Å². The highest BCUT2D eigenvalue weighted by Gasteiger charge is 2.31. The molecule has 1 fully saturated rings. The molecule has 0 saturated carbocycles. The molecule has 2 aromatic rings. The molecule has 6 nitrogen and oxygen atoms in total. The van der Waals surface area contributed by atoms with Crippen LogP contribution >= 0.6 is 0 Å². The van der Waals surface area contributed by atoms with Crippen molar-refractivity contribution in [2.24, 2.45) is 5.92 Å². The van der Waals surface area contributed by atoms with Gasteiger partial charge in [-0.3, -0.25) is 9.69 Å². The third-order valence-corrected chi connectivity index (χ3v) is 6.51. The van der Waals surface area contributed by atoms with Crippen LogP contribution in [0.3, 0.4) is 0 Å². The Labute approximate surface area is 203 Å². The van der Waals surface area contributed by atoms with E-state index in [-0.39, 0.29) is 5.91 Å². The molecular formula is C28H38N2O4. The van der Waals surface area contributed by atoms with Gasteiger partial charge in [0.2, 0.25) is 0 Å². The van der Waals surface area contributed by atoms with Crippen LogP contribution in [-0.2, 0) is 29.0 Å². The third kappa shape index (κ3) is 6.30. The van der Waals surface area contributed by atoms with Crippen LogP contribution in [0, 0.1) is 5.92 Å². The van der Waals surface area contributed by atoms with Crippen molar-refractivity contribution in [3.63, 3.8) is 0 Å². The van der Waals surface area contributed by atoms with Crippen molar-refractivity contribution in [1.29, 1.82) is 0 Å². The Hall–Kier alpha value is -2.57. The number of benzene rings is 2. The van der Waals surface area contributed by atoms with Crippen LogP contribution in [0.2, 0.25) is 0 Å². The van der Waals surface area contributed by atoms with E-state index in [1.165, 1.54) is 5.56 Å². The standard InChI is InChI=1S/C28H38N2O4/c1-21(2)17-30(18-22-11-12-23-8-6-7-14-33-26(23)16-22)28(31)27-20-29(13-15-34-27)19-24-9-4-5-10-25(24)32-3/h4-5,9-12,16,21,27H,6-8,13-15,17-20H2,1-3H3/t27-/m1/s1. The monoisotopic (exact) mass is 466 g/mol. The molecule has 1 amide bonds. The first-order valence-electron chi connectivity index (χ1n) is 12.5. The van der Waals surface area contributed by atoms with Crippen molar-refractivity contribution >= 4 is 5.91 Å². The van der Waals surface area contributed by atoms with Crippen molar-refractivity contribution < 1.29 is 19.0 Å². The predicted molar refractivity (Wildman–Crippen MR) is 133 cm³/mol. The first kappa shape index (κ1) is 24.6. The summed E-state index contributed by atoms with van der Waals surface area (Å²) in [6, 6.07) is 14.5. The summed E-state index contributed by atoms with van der Waals surface area (Å²) in [5, 5.41) is 0. The van der Waals surface area contributed by atoms with Crippen LogP contribution in [0.15, 0.2) is 42.5 Å². The Morgan fingerprint density at radius 2 is 2.03 bits per heavy atom. The second-order valence-corrected chi connectivity index (χ2v) is 9.77. The zero-order valence-corrected chi connectivity index (χ0v) is 20.8. The average Bonchev–Trinajstić information content (AvgIpc) is 3.08. The molecule has 34 heavy (non-hydrogen) atoms. The van der Waals surface area contributed by atoms with Gasteiger partial charge in [-0.1, -0.05) is 44.2 Å². The molecule has 4 rings (SSSR count). The molecule has 0 radical (unpaired) electrons. The number of carbonyl (C=O) groups excluding carboxylic acids is 1. The van der Waals surface area contributed by atoms with Crippen LogP contribution in [0.4, 0.5) is 0 Å². The predicted octanol–water partition coefficient (Wildman–Crippen LogP) is 4.30. The van der Waals surface area contributed by atoms with Crippen LogP contribution < -0.4 is 9.47 Å². The van der Waals surface area contributed by atoms with E-state index in [2.05, 4.69) is 43.0 Å². The number of morpholine rings is 1. The molecule has 0 aromatic heterocycles. The largest absolute Gasteiger partial charge is 0.496 e. The smallest absolute Gasteiger partial charge is 0.253 e. The molecule has 2 aliphatic rings. The zero-order valence-electron chi connectivity index (χ0n) is 20.8. The van der Waals surface area contributed by atoms with Crippen LogP contribution in [0.1, 0.15) is 43.4 Å². The van der Waals surface area contributed by atoms with E-state index in [0.717, 1.165) is 61.6 Å². The van der Waals surface area contributed by atoms with Gasteiger partial charge in [0.25, 0.3) is 5.91 Å². The van der Waals surface area contributed by atoms with Gasteiger partial charge in [0.1, 0.15) is 17.6 Å². The number of aryl methyl sites for hydroxylation is 1. The van der Waals surface area contributed by atoms with Gasteiger partial charge in [-0.05, 0) is 48.4 Å². The van der Waals surface area contributed by atoms with Gasteiger partial charge in [0, 0.05) is 38.3 Å². The lowest BCUT2D eigenvalue weighted by Gasteiger charge is -2.35. The number of methoxy groups -OCH3 is 1. The summed E-state index contributed by atoms with van der Waals surface area (Å²) in [7, 11) is 1.70. The molecule has 0 unspecified atom stereocenters. The van der Waals surface area contributed by atoms with Gasteiger partial charge >= 0.3 is 0 Å². The molecule has 2 heterocycles. The summed E-state index contributed by atoms with van der Waals surface area (Å²) in [5.41, 5.74) is 3.50. The average molecular weight is 467 g/mol. The number of ether oxygens (including phenoxy) is 3. The van der Waals surface area contributed by atoms with E-state index in [4.69, 9.17) is 14.2 Å². The molecule has 0 bridgehead atoms. The normalized spacial score (nSPS) is 18.6. The van der Waals surface area contributed by atoms with E-state index in [1.54, 1.807) is 7.11 Å². The molecule has 184 valence electrons. The van der Waals surface area contributed by atoms with E-state index < -0.39 is 6.10 Å². The van der Waals surface area contributed by atoms with Gasteiger partial charge in [0.05, 0.1) is 20.3 Å². The summed E-state index contributed by atoms with van der Waals surface area (Å²) in [5.74, 6) is 2.29. The highest BCUT2D eigenvalue weighted by molar-refractivity contribution is 5.81. The SMILES string of the molecule is COc1ccccc1CN1CCO[C@@H](C(=O)N(Cc2ccc3c(c2)OCCCC3)CC(C)C)C1. The fraction of sp³-hybridized carbons (Fsp3) is 0.536. The van der Waals surface area contributed by atoms with E-state index in [0.29, 0.717) is 32.2 Å². The Kier molecular flexibility index (Phi) is 8.46. The van der Waals surface area contributed by atoms with Crippen molar-refractivity contribution in [2.45, 2.75) is 52.3 Å². The number of carbonyl (C=O) groups is 1. The van der Waals surface area contributed by atoms with Crippen molar-refractivity contribution in [2.75, 3.05) is 40.0 Å². The number of amides is 1. The van der Waals surface area contributed by atoms with E-state index in [1.807, 2.05) is 23.1 Å². The fourth-order valence-electron chi connectivity index (χ4n) is 4.81. The number of nitrogens with zero attached hydrogens (tertiary/aromatic N) is 2. The number of hydrogen-bond acceptors (Lipinski definition) is 5. The lowest BCUT2D eigenvalue weighted by molar-refractivity contribution is -0.151. The van der Waals surface area contributed by atoms with Crippen LogP contribution in [-0.4, -0.2) is 61.8 Å². The topological polar surface area (TPSA) is 51.2 Å². The minimum absolute atomic E-state index is 0.0642. The molecule has 6 heteroatoms. The number of fused-ring (bicyclic) bond motifs is 1. The summed E-state index contributed by atoms with van der Waals surface area (Å²) >= 11 is 0. The molecule has 2 aromatic carbocycles. The Bertz CT molecular complexity index is 961. The minimum Gasteiger partial charge on any atom is -0.496 e. The highest BCUT2D eigenvalue weighted by atomic mass is 16.5. The summed E-state index contributed by atoms with van der Waals surface area (Å²) < 4.78 is 17.5. The summed E-state index contributed by atoms with van der Waals surface area (Å²) in [4.78, 5) is 17.9. The second kappa shape index (κ2) is 11.7. The van der Waals surface area contributed by atoms with Gasteiger partial charge in [-0.15, -0.1) is 0 Å². The molecule has 0 N–H and O–H groups in total. The Balaban J connectivity index is 1.45. The summed E-state index contributed by atoms with van der Waals surface area (Å²) in [6.45, 7) is 9.00. The van der Waals surface area contributed by atoms with Gasteiger partial charge in [-0.25, -0.2) is 0 Å². The molecule has 2 aliphatic heterocycles. The van der Waals surface area contributed by atoms with E-state index in [9.17, 15) is 4.79 Å². The first-order valence-corrected chi connectivity index (χ1v) is 12.5. The first-order chi connectivity index (χ1) is 16.5.